The second-order valence-corrected chi connectivity index (χ2v) is 5.47. The van der Waals surface area contributed by atoms with Gasteiger partial charge < -0.3 is 9.84 Å². The number of hydrazone groups is 1. The van der Waals surface area contributed by atoms with Crippen LogP contribution in [0.1, 0.15) is 25.8 Å². The molecule has 0 saturated heterocycles. The molecule has 1 aliphatic heterocycles. The summed E-state index contributed by atoms with van der Waals surface area (Å²) in [6, 6.07) is 2.80. The zero-order chi connectivity index (χ0) is 15.6. The maximum absolute atomic E-state index is 14.1. The lowest BCUT2D eigenvalue weighted by Crippen LogP contribution is -2.32. The topological polar surface area (TPSA) is 70.9 Å². The van der Waals surface area contributed by atoms with Gasteiger partial charge in [0.2, 0.25) is 5.91 Å². The van der Waals surface area contributed by atoms with E-state index in [-0.39, 0.29) is 29.2 Å². The predicted octanol–water partition coefficient (Wildman–Crippen LogP) is 2.10. The number of amides is 1. The number of aliphatic hydroxyl groups excluding tert-OH is 1. The normalized spacial score (nSPS) is 19.8. The minimum Gasteiger partial charge on any atom is -0.486 e. The Balaban J connectivity index is 2.29. The molecule has 0 aliphatic carbocycles. The van der Waals surface area contributed by atoms with Crippen molar-refractivity contribution in [2.45, 2.75) is 26.4 Å². The smallest absolute Gasteiger partial charge is 0.240 e. The molecule has 0 fully saturated rings. The largest absolute Gasteiger partial charge is 0.486 e. The van der Waals surface area contributed by atoms with Crippen molar-refractivity contribution in [2.24, 2.45) is 11.0 Å². The second-order valence-electron chi connectivity index (χ2n) is 5.07. The molecule has 2 rings (SSSR count). The van der Waals surface area contributed by atoms with Gasteiger partial charge in [0.25, 0.3) is 0 Å². The number of ether oxygens (including phenoxy) is 1. The zero-order valence-corrected chi connectivity index (χ0v) is 12.4. The molecule has 5 nitrogen and oxygen atoms in total. The van der Waals surface area contributed by atoms with Crippen molar-refractivity contribution in [3.63, 3.8) is 0 Å². The summed E-state index contributed by atoms with van der Waals surface area (Å²) in [5, 5.41) is 13.2. The Morgan fingerprint density at radius 1 is 1.62 bits per heavy atom. The van der Waals surface area contributed by atoms with Crippen LogP contribution >= 0.6 is 11.6 Å². The molecule has 0 saturated carbocycles. The van der Waals surface area contributed by atoms with Gasteiger partial charge in [-0.2, -0.15) is 5.10 Å². The standard InChI is InChI=1S/C14H16ClFN2O3/c1-7-3-12(20)17-18-13(7)9-4-10(15)14(11(16)5-9)21-6-8(2)19/h4-5,7-8,19H,3,6H2,1-2H3,(H,17,20). The Morgan fingerprint density at radius 3 is 2.90 bits per heavy atom. The lowest BCUT2D eigenvalue weighted by molar-refractivity contribution is -0.121. The van der Waals surface area contributed by atoms with Crippen LogP contribution in [0.2, 0.25) is 5.02 Å². The molecule has 0 aromatic heterocycles. The van der Waals surface area contributed by atoms with Crippen molar-refractivity contribution in [1.82, 2.24) is 5.43 Å². The average Bonchev–Trinajstić information content (AvgIpc) is 2.37. The summed E-state index contributed by atoms with van der Waals surface area (Å²) < 4.78 is 19.2. The molecular formula is C14H16ClFN2O3. The predicted molar refractivity (Wildman–Crippen MR) is 77.0 cm³/mol. The summed E-state index contributed by atoms with van der Waals surface area (Å²) in [6.07, 6.45) is -0.434. The summed E-state index contributed by atoms with van der Waals surface area (Å²) in [6.45, 7) is 3.31. The van der Waals surface area contributed by atoms with Crippen LogP contribution in [-0.4, -0.2) is 29.4 Å². The quantitative estimate of drug-likeness (QED) is 0.894. The number of carbonyl (C=O) groups is 1. The van der Waals surface area contributed by atoms with Gasteiger partial charge in [-0.15, -0.1) is 0 Å². The number of nitrogens with zero attached hydrogens (tertiary/aromatic N) is 1. The van der Waals surface area contributed by atoms with E-state index in [4.69, 9.17) is 21.4 Å². The van der Waals surface area contributed by atoms with E-state index in [1.165, 1.54) is 19.1 Å². The van der Waals surface area contributed by atoms with Crippen molar-refractivity contribution in [2.75, 3.05) is 6.61 Å². The van der Waals surface area contributed by atoms with Crippen LogP contribution < -0.4 is 10.2 Å². The van der Waals surface area contributed by atoms with Gasteiger partial charge in [0.1, 0.15) is 6.61 Å². The van der Waals surface area contributed by atoms with E-state index in [1.807, 2.05) is 6.92 Å². The molecule has 0 bridgehead atoms. The minimum atomic E-state index is -0.724. The van der Waals surface area contributed by atoms with Crippen LogP contribution in [0.15, 0.2) is 17.2 Å². The maximum Gasteiger partial charge on any atom is 0.240 e. The number of nitrogens with one attached hydrogen (secondary N) is 1. The van der Waals surface area contributed by atoms with Crippen LogP contribution in [0.25, 0.3) is 0 Å². The van der Waals surface area contributed by atoms with Crippen LogP contribution in [0.3, 0.4) is 0 Å². The molecule has 0 radical (unpaired) electrons. The van der Waals surface area contributed by atoms with E-state index in [9.17, 15) is 9.18 Å². The first-order chi connectivity index (χ1) is 9.88. The molecule has 7 heteroatoms. The molecule has 2 N–H and O–H groups in total. The third-order valence-corrected chi connectivity index (χ3v) is 3.30. The van der Waals surface area contributed by atoms with Crippen LogP contribution in [0, 0.1) is 11.7 Å². The highest BCUT2D eigenvalue weighted by molar-refractivity contribution is 6.32. The maximum atomic E-state index is 14.1. The fourth-order valence-electron chi connectivity index (χ4n) is 2.05. The monoisotopic (exact) mass is 314 g/mol. The Hall–Kier alpha value is -1.66. The number of halogens is 2. The first kappa shape index (κ1) is 15.7. The molecule has 2 atom stereocenters. The summed E-state index contributed by atoms with van der Waals surface area (Å²) in [5.74, 6) is -1.03. The number of rotatable bonds is 4. The zero-order valence-electron chi connectivity index (χ0n) is 11.7. The van der Waals surface area contributed by atoms with Gasteiger partial charge in [0.15, 0.2) is 11.6 Å². The van der Waals surface area contributed by atoms with Crippen molar-refractivity contribution in [1.29, 1.82) is 0 Å². The Morgan fingerprint density at radius 2 is 2.33 bits per heavy atom. The Kier molecular flexibility index (Phi) is 4.80. The van der Waals surface area contributed by atoms with Crippen LogP contribution in [-0.2, 0) is 4.79 Å². The number of aliphatic hydroxyl groups is 1. The molecule has 21 heavy (non-hydrogen) atoms. The lowest BCUT2D eigenvalue weighted by atomic mass is 9.94. The van der Waals surface area contributed by atoms with Crippen molar-refractivity contribution in [3.8, 4) is 5.75 Å². The van der Waals surface area contributed by atoms with Crippen LogP contribution in [0.4, 0.5) is 4.39 Å². The van der Waals surface area contributed by atoms with E-state index in [2.05, 4.69) is 10.5 Å². The fourth-order valence-corrected chi connectivity index (χ4v) is 2.31. The number of hydrogen-bond donors (Lipinski definition) is 2. The molecule has 2 unspecified atom stereocenters. The summed E-state index contributed by atoms with van der Waals surface area (Å²) in [5.41, 5.74) is 3.44. The van der Waals surface area contributed by atoms with E-state index in [0.717, 1.165) is 0 Å². The molecule has 1 amide bonds. The van der Waals surface area contributed by atoms with Gasteiger partial charge in [0, 0.05) is 17.9 Å². The first-order valence-electron chi connectivity index (χ1n) is 6.55. The minimum absolute atomic E-state index is 0.0522. The van der Waals surface area contributed by atoms with Gasteiger partial charge >= 0.3 is 0 Å². The molecule has 114 valence electrons. The van der Waals surface area contributed by atoms with E-state index >= 15 is 0 Å². The fraction of sp³-hybridized carbons (Fsp3) is 0.429. The molecular weight excluding hydrogens is 299 g/mol. The summed E-state index contributed by atoms with van der Waals surface area (Å²) >= 11 is 6.02. The molecule has 1 aliphatic rings. The third-order valence-electron chi connectivity index (χ3n) is 3.02. The molecule has 1 aromatic rings. The highest BCUT2D eigenvalue weighted by atomic mass is 35.5. The van der Waals surface area contributed by atoms with Gasteiger partial charge in [0.05, 0.1) is 16.8 Å². The summed E-state index contributed by atoms with van der Waals surface area (Å²) in [7, 11) is 0. The van der Waals surface area contributed by atoms with Gasteiger partial charge in [-0.3, -0.25) is 4.79 Å². The number of hydrogen-bond acceptors (Lipinski definition) is 4. The third kappa shape index (κ3) is 3.71. The van der Waals surface area contributed by atoms with Gasteiger partial charge in [-0.05, 0) is 19.1 Å². The Bertz CT molecular complexity index is 567. The highest BCUT2D eigenvalue weighted by Crippen LogP contribution is 2.31. The first-order valence-corrected chi connectivity index (χ1v) is 6.93. The van der Waals surface area contributed by atoms with Crippen LogP contribution in [0.5, 0.6) is 5.75 Å². The summed E-state index contributed by atoms with van der Waals surface area (Å²) in [4.78, 5) is 11.2. The van der Waals surface area contributed by atoms with Gasteiger partial charge in [-0.25, -0.2) is 9.82 Å². The van der Waals surface area contributed by atoms with E-state index in [0.29, 0.717) is 17.7 Å². The van der Waals surface area contributed by atoms with E-state index in [1.54, 1.807) is 0 Å². The lowest BCUT2D eigenvalue weighted by Gasteiger charge is -2.20. The highest BCUT2D eigenvalue weighted by Gasteiger charge is 2.23. The van der Waals surface area contributed by atoms with Gasteiger partial charge in [-0.1, -0.05) is 18.5 Å². The molecule has 1 aromatic carbocycles. The average molecular weight is 315 g/mol. The number of carbonyl (C=O) groups excluding carboxylic acids is 1. The SMILES string of the molecule is CC(O)COc1c(F)cc(C2=NNC(=O)CC2C)cc1Cl. The number of benzene rings is 1. The van der Waals surface area contributed by atoms with Crippen molar-refractivity contribution < 1.29 is 19.0 Å². The van der Waals surface area contributed by atoms with E-state index < -0.39 is 11.9 Å². The second kappa shape index (κ2) is 6.41. The van der Waals surface area contributed by atoms with Crippen molar-refractivity contribution >= 4 is 23.2 Å². The Labute approximate surface area is 126 Å². The van der Waals surface area contributed by atoms with Crippen molar-refractivity contribution in [3.05, 3.63) is 28.5 Å². The molecule has 0 spiro atoms. The molecule has 1 heterocycles.